The van der Waals surface area contributed by atoms with Crippen molar-refractivity contribution in [2.24, 2.45) is 5.73 Å². The summed E-state index contributed by atoms with van der Waals surface area (Å²) >= 11 is 3.42. The van der Waals surface area contributed by atoms with Gasteiger partial charge in [-0.1, -0.05) is 52.3 Å². The van der Waals surface area contributed by atoms with E-state index in [1.54, 1.807) is 0 Å². The Kier molecular flexibility index (Phi) is 4.71. The molecule has 98 valence electrons. The monoisotopic (exact) mass is 318 g/mol. The van der Waals surface area contributed by atoms with E-state index in [0.29, 0.717) is 6.54 Å². The lowest BCUT2D eigenvalue weighted by Crippen LogP contribution is -2.28. The molecule has 0 heterocycles. The molecule has 0 spiro atoms. The average molecular weight is 319 g/mol. The highest BCUT2D eigenvalue weighted by Gasteiger charge is 1.99. The molecule has 4 heteroatoms. The fraction of sp³-hybridized carbons (Fsp3) is 0.133. The summed E-state index contributed by atoms with van der Waals surface area (Å²) < 4.78 is 1.07. The minimum atomic E-state index is -0.341. The van der Waals surface area contributed by atoms with Crippen molar-refractivity contribution in [2.45, 2.75) is 6.54 Å². The number of nitrogens with one attached hydrogen (secondary N) is 1. The zero-order valence-electron chi connectivity index (χ0n) is 10.4. The van der Waals surface area contributed by atoms with Gasteiger partial charge in [-0.2, -0.15) is 0 Å². The Morgan fingerprint density at radius 1 is 1.00 bits per heavy atom. The standard InChI is InChI=1S/C15H15BrN2O/c16-14-7-5-13(6-8-14)12-3-1-11(2-4-12)9-18-10-15(17)19/h1-8,18H,9-10H2,(H2,17,19). The molecule has 0 saturated heterocycles. The van der Waals surface area contributed by atoms with Gasteiger partial charge in [-0.15, -0.1) is 0 Å². The van der Waals surface area contributed by atoms with Crippen molar-refractivity contribution >= 4 is 21.8 Å². The number of rotatable bonds is 5. The Morgan fingerprint density at radius 3 is 2.05 bits per heavy atom. The van der Waals surface area contributed by atoms with Gasteiger partial charge in [0.25, 0.3) is 0 Å². The van der Waals surface area contributed by atoms with Gasteiger partial charge in [-0.3, -0.25) is 4.79 Å². The molecular weight excluding hydrogens is 304 g/mol. The second-order valence-corrected chi connectivity index (χ2v) is 5.19. The van der Waals surface area contributed by atoms with E-state index in [4.69, 9.17) is 5.73 Å². The normalized spacial score (nSPS) is 10.4. The van der Waals surface area contributed by atoms with Crippen LogP contribution in [0.25, 0.3) is 11.1 Å². The van der Waals surface area contributed by atoms with E-state index >= 15 is 0 Å². The first kappa shape index (κ1) is 13.8. The Hall–Kier alpha value is -1.65. The zero-order valence-corrected chi connectivity index (χ0v) is 12.0. The molecule has 0 fully saturated rings. The third-order valence-electron chi connectivity index (χ3n) is 2.76. The molecule has 0 aromatic heterocycles. The van der Waals surface area contributed by atoms with Gasteiger partial charge in [0.2, 0.25) is 5.91 Å². The van der Waals surface area contributed by atoms with Crippen molar-refractivity contribution in [1.29, 1.82) is 0 Å². The number of carbonyl (C=O) groups excluding carboxylic acids is 1. The first-order chi connectivity index (χ1) is 9.15. The molecule has 2 rings (SSSR count). The van der Waals surface area contributed by atoms with Crippen LogP contribution in [0.1, 0.15) is 5.56 Å². The lowest BCUT2D eigenvalue weighted by atomic mass is 10.0. The summed E-state index contributed by atoms with van der Waals surface area (Å²) in [6.07, 6.45) is 0. The fourth-order valence-corrected chi connectivity index (χ4v) is 2.05. The van der Waals surface area contributed by atoms with Crippen molar-refractivity contribution in [3.63, 3.8) is 0 Å². The maximum absolute atomic E-state index is 10.6. The van der Waals surface area contributed by atoms with Gasteiger partial charge in [-0.05, 0) is 28.8 Å². The second-order valence-electron chi connectivity index (χ2n) is 4.27. The molecule has 3 nitrogen and oxygen atoms in total. The molecule has 0 aliphatic heterocycles. The Labute approximate surface area is 121 Å². The first-order valence-corrected chi connectivity index (χ1v) is 6.78. The first-order valence-electron chi connectivity index (χ1n) is 5.99. The van der Waals surface area contributed by atoms with Gasteiger partial charge in [0.1, 0.15) is 0 Å². The number of amides is 1. The lowest BCUT2D eigenvalue weighted by Gasteiger charge is -2.05. The summed E-state index contributed by atoms with van der Waals surface area (Å²) in [5, 5.41) is 2.99. The van der Waals surface area contributed by atoms with Crippen LogP contribution in [0.5, 0.6) is 0 Å². The van der Waals surface area contributed by atoms with Gasteiger partial charge in [0.15, 0.2) is 0 Å². The van der Waals surface area contributed by atoms with E-state index in [2.05, 4.69) is 45.5 Å². The smallest absolute Gasteiger partial charge is 0.231 e. The van der Waals surface area contributed by atoms with Crippen molar-refractivity contribution in [3.05, 3.63) is 58.6 Å². The quantitative estimate of drug-likeness (QED) is 0.890. The van der Waals surface area contributed by atoms with Crippen LogP contribution >= 0.6 is 15.9 Å². The average Bonchev–Trinajstić information content (AvgIpc) is 2.40. The molecule has 0 bridgehead atoms. The number of halogens is 1. The van der Waals surface area contributed by atoms with Crippen LogP contribution < -0.4 is 11.1 Å². The molecule has 0 aliphatic rings. The Balaban J connectivity index is 2.02. The maximum Gasteiger partial charge on any atom is 0.231 e. The molecule has 0 unspecified atom stereocenters. The van der Waals surface area contributed by atoms with Gasteiger partial charge < -0.3 is 11.1 Å². The van der Waals surface area contributed by atoms with Crippen molar-refractivity contribution in [1.82, 2.24) is 5.32 Å². The molecule has 3 N–H and O–H groups in total. The fourth-order valence-electron chi connectivity index (χ4n) is 1.79. The van der Waals surface area contributed by atoms with Gasteiger partial charge in [0, 0.05) is 11.0 Å². The highest BCUT2D eigenvalue weighted by atomic mass is 79.9. The minimum Gasteiger partial charge on any atom is -0.369 e. The molecule has 0 aliphatic carbocycles. The van der Waals surface area contributed by atoms with E-state index in [0.717, 1.165) is 10.0 Å². The Morgan fingerprint density at radius 2 is 1.53 bits per heavy atom. The van der Waals surface area contributed by atoms with Crippen LogP contribution in [0.4, 0.5) is 0 Å². The molecule has 1 amide bonds. The summed E-state index contributed by atoms with van der Waals surface area (Å²) in [7, 11) is 0. The molecule has 2 aromatic carbocycles. The van der Waals surface area contributed by atoms with Crippen LogP contribution in [0, 0.1) is 0 Å². The molecule has 2 aromatic rings. The largest absolute Gasteiger partial charge is 0.369 e. The molecule has 0 saturated carbocycles. The van der Waals surface area contributed by atoms with E-state index < -0.39 is 0 Å². The zero-order chi connectivity index (χ0) is 13.7. The van der Waals surface area contributed by atoms with Crippen molar-refractivity contribution in [2.75, 3.05) is 6.54 Å². The predicted molar refractivity (Wildman–Crippen MR) is 80.5 cm³/mol. The summed E-state index contributed by atoms with van der Waals surface area (Å²) in [4.78, 5) is 10.6. The van der Waals surface area contributed by atoms with E-state index in [1.807, 2.05) is 24.3 Å². The van der Waals surface area contributed by atoms with Crippen LogP contribution in [-0.2, 0) is 11.3 Å². The number of primary amides is 1. The maximum atomic E-state index is 10.6. The lowest BCUT2D eigenvalue weighted by molar-refractivity contribution is -0.117. The predicted octanol–water partition coefficient (Wildman–Crippen LogP) is 2.69. The van der Waals surface area contributed by atoms with Crippen LogP contribution in [0.3, 0.4) is 0 Å². The second kappa shape index (κ2) is 6.50. The van der Waals surface area contributed by atoms with Crippen LogP contribution in [-0.4, -0.2) is 12.5 Å². The van der Waals surface area contributed by atoms with Gasteiger partial charge in [0.05, 0.1) is 6.54 Å². The highest BCUT2D eigenvalue weighted by molar-refractivity contribution is 9.10. The molecular formula is C15H15BrN2O. The van der Waals surface area contributed by atoms with Crippen LogP contribution in [0.15, 0.2) is 53.0 Å². The van der Waals surface area contributed by atoms with Crippen molar-refractivity contribution < 1.29 is 4.79 Å². The molecule has 0 atom stereocenters. The summed E-state index contributed by atoms with van der Waals surface area (Å²) in [5.74, 6) is -0.341. The summed E-state index contributed by atoms with van der Waals surface area (Å²) in [5.41, 5.74) is 8.54. The van der Waals surface area contributed by atoms with Crippen molar-refractivity contribution in [3.8, 4) is 11.1 Å². The number of hydrogen-bond acceptors (Lipinski definition) is 2. The van der Waals surface area contributed by atoms with E-state index in [9.17, 15) is 4.79 Å². The van der Waals surface area contributed by atoms with Crippen LogP contribution in [0.2, 0.25) is 0 Å². The topological polar surface area (TPSA) is 55.1 Å². The third-order valence-corrected chi connectivity index (χ3v) is 3.29. The SMILES string of the molecule is NC(=O)CNCc1ccc(-c2ccc(Br)cc2)cc1. The Bertz CT molecular complexity index is 549. The summed E-state index contributed by atoms with van der Waals surface area (Å²) in [6, 6.07) is 16.4. The molecule has 0 radical (unpaired) electrons. The summed E-state index contributed by atoms with van der Waals surface area (Å²) in [6.45, 7) is 0.845. The number of carbonyl (C=O) groups is 1. The number of hydrogen-bond donors (Lipinski definition) is 2. The number of benzene rings is 2. The van der Waals surface area contributed by atoms with Gasteiger partial charge in [-0.25, -0.2) is 0 Å². The molecule has 19 heavy (non-hydrogen) atoms. The van der Waals surface area contributed by atoms with Gasteiger partial charge >= 0.3 is 0 Å². The van der Waals surface area contributed by atoms with E-state index in [1.165, 1.54) is 11.1 Å². The highest BCUT2D eigenvalue weighted by Crippen LogP contribution is 2.22. The number of nitrogens with two attached hydrogens (primary N) is 1. The van der Waals surface area contributed by atoms with E-state index in [-0.39, 0.29) is 12.5 Å². The minimum absolute atomic E-state index is 0.203. The third kappa shape index (κ3) is 4.19.